The number of para-hydroxylation sites is 1. The minimum atomic E-state index is -0.212. The zero-order chi connectivity index (χ0) is 18.8. The first-order chi connectivity index (χ1) is 13.1. The van der Waals surface area contributed by atoms with Crippen molar-refractivity contribution in [1.29, 1.82) is 0 Å². The van der Waals surface area contributed by atoms with E-state index in [1.165, 1.54) is 5.56 Å². The lowest BCUT2D eigenvalue weighted by Crippen LogP contribution is -2.21. The van der Waals surface area contributed by atoms with Gasteiger partial charge in [-0.15, -0.1) is 0 Å². The highest BCUT2D eigenvalue weighted by Gasteiger charge is 2.15. The van der Waals surface area contributed by atoms with E-state index in [0.717, 1.165) is 20.6 Å². The van der Waals surface area contributed by atoms with Gasteiger partial charge < -0.3 is 4.57 Å². The van der Waals surface area contributed by atoms with Crippen molar-refractivity contribution in [3.63, 3.8) is 0 Å². The maximum absolute atomic E-state index is 12.7. The van der Waals surface area contributed by atoms with E-state index in [1.54, 1.807) is 11.3 Å². The second kappa shape index (κ2) is 7.33. The van der Waals surface area contributed by atoms with Crippen molar-refractivity contribution < 1.29 is 4.79 Å². The maximum atomic E-state index is 12.7. The van der Waals surface area contributed by atoms with Gasteiger partial charge in [0.15, 0.2) is 4.80 Å². The second-order valence-corrected chi connectivity index (χ2v) is 7.60. The number of thiazole rings is 1. The summed E-state index contributed by atoms with van der Waals surface area (Å²) < 4.78 is 3.28. The SMILES string of the molecule is Cc1ccc(C(=O)N=c2sc3ccccc3n2C(C)c2ccccc2)cc1. The molecular weight excluding hydrogens is 352 g/mol. The Morgan fingerprint density at radius 3 is 2.33 bits per heavy atom. The van der Waals surface area contributed by atoms with E-state index in [-0.39, 0.29) is 11.9 Å². The van der Waals surface area contributed by atoms with E-state index >= 15 is 0 Å². The summed E-state index contributed by atoms with van der Waals surface area (Å²) >= 11 is 1.55. The lowest BCUT2D eigenvalue weighted by Gasteiger charge is -2.15. The summed E-state index contributed by atoms with van der Waals surface area (Å²) in [5.41, 5.74) is 4.01. The number of rotatable bonds is 3. The molecule has 27 heavy (non-hydrogen) atoms. The Morgan fingerprint density at radius 2 is 1.59 bits per heavy atom. The summed E-state index contributed by atoms with van der Waals surface area (Å²) in [4.78, 5) is 17.9. The monoisotopic (exact) mass is 372 g/mol. The summed E-state index contributed by atoms with van der Waals surface area (Å²) in [6.07, 6.45) is 0. The Kier molecular flexibility index (Phi) is 4.73. The number of hydrogen-bond donors (Lipinski definition) is 0. The van der Waals surface area contributed by atoms with E-state index in [2.05, 4.69) is 40.7 Å². The van der Waals surface area contributed by atoms with Crippen LogP contribution >= 0.6 is 11.3 Å². The number of hydrogen-bond acceptors (Lipinski definition) is 2. The van der Waals surface area contributed by atoms with Crippen LogP contribution in [-0.4, -0.2) is 10.5 Å². The van der Waals surface area contributed by atoms with Gasteiger partial charge in [-0.3, -0.25) is 4.79 Å². The van der Waals surface area contributed by atoms with Crippen molar-refractivity contribution in [3.8, 4) is 0 Å². The lowest BCUT2D eigenvalue weighted by molar-refractivity contribution is 0.0998. The van der Waals surface area contributed by atoms with Crippen molar-refractivity contribution in [2.45, 2.75) is 19.9 Å². The van der Waals surface area contributed by atoms with E-state index in [0.29, 0.717) is 5.56 Å². The molecule has 1 atom stereocenters. The van der Waals surface area contributed by atoms with Crippen molar-refractivity contribution in [1.82, 2.24) is 4.57 Å². The molecule has 0 aliphatic heterocycles. The fraction of sp³-hybridized carbons (Fsp3) is 0.130. The van der Waals surface area contributed by atoms with Crippen molar-refractivity contribution in [2.24, 2.45) is 4.99 Å². The lowest BCUT2D eigenvalue weighted by atomic mass is 10.1. The first kappa shape index (κ1) is 17.4. The summed E-state index contributed by atoms with van der Waals surface area (Å²) in [6, 6.07) is 26.1. The van der Waals surface area contributed by atoms with Crippen molar-refractivity contribution >= 4 is 27.5 Å². The summed E-state index contributed by atoms with van der Waals surface area (Å²) in [5.74, 6) is -0.212. The van der Waals surface area contributed by atoms with Gasteiger partial charge in [0.1, 0.15) is 0 Å². The molecule has 0 radical (unpaired) electrons. The Bertz CT molecular complexity index is 1150. The van der Waals surface area contributed by atoms with Crippen LogP contribution in [-0.2, 0) is 0 Å². The van der Waals surface area contributed by atoms with Gasteiger partial charge >= 0.3 is 0 Å². The first-order valence-electron chi connectivity index (χ1n) is 8.94. The molecule has 0 saturated heterocycles. The fourth-order valence-electron chi connectivity index (χ4n) is 3.17. The number of aromatic nitrogens is 1. The van der Waals surface area contributed by atoms with E-state index in [9.17, 15) is 4.79 Å². The molecule has 0 aliphatic carbocycles. The third-order valence-electron chi connectivity index (χ3n) is 4.70. The topological polar surface area (TPSA) is 34.4 Å². The second-order valence-electron chi connectivity index (χ2n) is 6.59. The van der Waals surface area contributed by atoms with Crippen LogP contribution in [0.25, 0.3) is 10.2 Å². The number of carbonyl (C=O) groups excluding carboxylic acids is 1. The zero-order valence-electron chi connectivity index (χ0n) is 15.3. The molecule has 0 spiro atoms. The van der Waals surface area contributed by atoms with Gasteiger partial charge in [0.25, 0.3) is 5.91 Å². The highest BCUT2D eigenvalue weighted by molar-refractivity contribution is 7.16. The Morgan fingerprint density at radius 1 is 0.926 bits per heavy atom. The molecule has 0 saturated carbocycles. The fourth-order valence-corrected chi connectivity index (χ4v) is 4.27. The maximum Gasteiger partial charge on any atom is 0.279 e. The predicted molar refractivity (Wildman–Crippen MR) is 111 cm³/mol. The molecular formula is C23H20N2OS. The van der Waals surface area contributed by atoms with E-state index in [1.807, 2.05) is 61.5 Å². The molecule has 1 aromatic heterocycles. The Labute approximate surface area is 162 Å². The standard InChI is InChI=1S/C23H20N2OS/c1-16-12-14-19(15-13-16)22(26)24-23-25(17(2)18-8-4-3-5-9-18)20-10-6-7-11-21(20)27-23/h3-15,17H,1-2H3. The van der Waals surface area contributed by atoms with Crippen LogP contribution in [0.15, 0.2) is 83.9 Å². The summed E-state index contributed by atoms with van der Waals surface area (Å²) in [6.45, 7) is 4.15. The third kappa shape index (κ3) is 3.49. The van der Waals surface area contributed by atoms with Crippen LogP contribution < -0.4 is 4.80 Å². The van der Waals surface area contributed by atoms with Crippen LogP contribution in [0.3, 0.4) is 0 Å². The number of nitrogens with zero attached hydrogens (tertiary/aromatic N) is 2. The molecule has 0 aliphatic rings. The number of aryl methyl sites for hydroxylation is 1. The molecule has 1 amide bonds. The van der Waals surface area contributed by atoms with Gasteiger partial charge in [-0.1, -0.05) is 71.5 Å². The van der Waals surface area contributed by atoms with Crippen molar-refractivity contribution in [2.75, 3.05) is 0 Å². The van der Waals surface area contributed by atoms with Gasteiger partial charge in [0.2, 0.25) is 0 Å². The molecule has 3 aromatic carbocycles. The molecule has 134 valence electrons. The van der Waals surface area contributed by atoms with E-state index < -0.39 is 0 Å². The molecule has 0 bridgehead atoms. The average Bonchev–Trinajstić information content (AvgIpc) is 3.06. The summed E-state index contributed by atoms with van der Waals surface area (Å²) in [5, 5.41) is 0. The largest absolute Gasteiger partial charge is 0.309 e. The zero-order valence-corrected chi connectivity index (χ0v) is 16.1. The van der Waals surface area contributed by atoms with Crippen molar-refractivity contribution in [3.05, 3.63) is 100 Å². The minimum Gasteiger partial charge on any atom is -0.309 e. The van der Waals surface area contributed by atoms with Gasteiger partial charge in [-0.25, -0.2) is 0 Å². The molecule has 3 nitrogen and oxygen atoms in total. The molecule has 1 heterocycles. The van der Waals surface area contributed by atoms with Gasteiger partial charge in [-0.2, -0.15) is 4.99 Å². The highest BCUT2D eigenvalue weighted by Crippen LogP contribution is 2.24. The van der Waals surface area contributed by atoms with Crippen LogP contribution in [0.1, 0.15) is 34.5 Å². The minimum absolute atomic E-state index is 0.0758. The molecule has 4 heteroatoms. The normalized spacial score (nSPS) is 13.0. The smallest absolute Gasteiger partial charge is 0.279 e. The van der Waals surface area contributed by atoms with Crippen LogP contribution in [0.5, 0.6) is 0 Å². The molecule has 1 unspecified atom stereocenters. The van der Waals surface area contributed by atoms with Gasteiger partial charge in [-0.05, 0) is 43.7 Å². The van der Waals surface area contributed by atoms with Crippen LogP contribution in [0.2, 0.25) is 0 Å². The third-order valence-corrected chi connectivity index (χ3v) is 5.73. The van der Waals surface area contributed by atoms with Gasteiger partial charge in [0, 0.05) is 5.56 Å². The molecule has 4 aromatic rings. The van der Waals surface area contributed by atoms with Gasteiger partial charge in [0.05, 0.1) is 16.3 Å². The number of benzene rings is 3. The molecule has 0 fully saturated rings. The van der Waals surface area contributed by atoms with E-state index in [4.69, 9.17) is 0 Å². The highest BCUT2D eigenvalue weighted by atomic mass is 32.1. The molecule has 4 rings (SSSR count). The summed E-state index contributed by atoms with van der Waals surface area (Å²) in [7, 11) is 0. The van der Waals surface area contributed by atoms with Crippen LogP contribution in [0, 0.1) is 6.92 Å². The number of carbonyl (C=O) groups is 1. The number of amides is 1. The first-order valence-corrected chi connectivity index (χ1v) is 9.76. The predicted octanol–water partition coefficient (Wildman–Crippen LogP) is 5.36. The average molecular weight is 372 g/mol. The number of fused-ring (bicyclic) bond motifs is 1. The quantitative estimate of drug-likeness (QED) is 0.476. The Hall–Kier alpha value is -2.98. The van der Waals surface area contributed by atoms with Crippen LogP contribution in [0.4, 0.5) is 0 Å². The Balaban J connectivity index is 1.87. The molecule has 0 N–H and O–H groups in total.